The quantitative estimate of drug-likeness (QED) is 0.718. The van der Waals surface area contributed by atoms with Crippen LogP contribution >= 0.6 is 15.9 Å². The van der Waals surface area contributed by atoms with Gasteiger partial charge in [0.2, 0.25) is 0 Å². The number of rotatable bonds is 1. The van der Waals surface area contributed by atoms with Crippen molar-refractivity contribution in [2.45, 2.75) is 45.6 Å². The second kappa shape index (κ2) is 6.54. The number of likely N-dealkylation sites (tertiary alicyclic amines) is 1. The van der Waals surface area contributed by atoms with Gasteiger partial charge in [-0.25, -0.2) is 9.78 Å². The summed E-state index contributed by atoms with van der Waals surface area (Å²) in [5.41, 5.74) is -0.114. The minimum Gasteiger partial charge on any atom is -0.444 e. The molecule has 0 N–H and O–H groups in total. The van der Waals surface area contributed by atoms with Crippen LogP contribution in [0.3, 0.4) is 0 Å². The van der Waals surface area contributed by atoms with Crippen molar-refractivity contribution in [2.24, 2.45) is 5.41 Å². The zero-order valence-corrected chi connectivity index (χ0v) is 16.3. The van der Waals surface area contributed by atoms with Gasteiger partial charge in [0.25, 0.3) is 0 Å². The summed E-state index contributed by atoms with van der Waals surface area (Å²) in [5.74, 6) is 1.05. The van der Waals surface area contributed by atoms with Crippen LogP contribution in [-0.2, 0) is 4.74 Å². The van der Waals surface area contributed by atoms with Gasteiger partial charge in [0.1, 0.15) is 11.4 Å². The van der Waals surface area contributed by atoms with Crippen LogP contribution in [0.4, 0.5) is 10.6 Å². The van der Waals surface area contributed by atoms with Crippen LogP contribution in [0, 0.1) is 5.41 Å². The number of amides is 1. The average molecular weight is 396 g/mol. The van der Waals surface area contributed by atoms with E-state index in [2.05, 4.69) is 31.9 Å². The highest BCUT2D eigenvalue weighted by Gasteiger charge is 2.42. The smallest absolute Gasteiger partial charge is 0.410 e. The number of pyridine rings is 1. The van der Waals surface area contributed by atoms with Crippen molar-refractivity contribution in [1.29, 1.82) is 0 Å². The molecule has 2 saturated heterocycles. The number of aromatic nitrogens is 1. The number of anilines is 1. The maximum absolute atomic E-state index is 12.2. The monoisotopic (exact) mass is 395 g/mol. The fraction of sp³-hybridized carbons (Fsp3) is 0.667. The van der Waals surface area contributed by atoms with Crippen LogP contribution in [0.15, 0.2) is 22.8 Å². The Labute approximate surface area is 152 Å². The molecule has 6 heteroatoms. The van der Waals surface area contributed by atoms with Gasteiger partial charge in [-0.15, -0.1) is 0 Å². The second-order valence-electron chi connectivity index (χ2n) is 7.97. The number of hydrogen-bond donors (Lipinski definition) is 0. The van der Waals surface area contributed by atoms with E-state index >= 15 is 0 Å². The molecule has 0 bridgehead atoms. The van der Waals surface area contributed by atoms with Crippen LogP contribution in [0.25, 0.3) is 0 Å². The van der Waals surface area contributed by atoms with Gasteiger partial charge in [-0.1, -0.05) is 0 Å². The highest BCUT2D eigenvalue weighted by Crippen LogP contribution is 2.41. The van der Waals surface area contributed by atoms with Crippen molar-refractivity contribution < 1.29 is 9.53 Å². The van der Waals surface area contributed by atoms with Crippen LogP contribution in [-0.4, -0.2) is 47.8 Å². The highest BCUT2D eigenvalue weighted by molar-refractivity contribution is 9.10. The van der Waals surface area contributed by atoms with E-state index in [0.29, 0.717) is 5.41 Å². The molecule has 1 aromatic rings. The summed E-state index contributed by atoms with van der Waals surface area (Å²) in [7, 11) is 0. The first-order chi connectivity index (χ1) is 11.3. The molecule has 24 heavy (non-hydrogen) atoms. The van der Waals surface area contributed by atoms with Crippen LogP contribution in [0.5, 0.6) is 0 Å². The molecule has 0 saturated carbocycles. The van der Waals surface area contributed by atoms with Gasteiger partial charge in [-0.2, -0.15) is 0 Å². The molecule has 0 aromatic carbocycles. The molecule has 0 aliphatic carbocycles. The number of hydrogen-bond acceptors (Lipinski definition) is 4. The zero-order chi connectivity index (χ0) is 17.4. The van der Waals surface area contributed by atoms with Gasteiger partial charge in [-0.05, 0) is 73.5 Å². The molecule has 0 atom stereocenters. The van der Waals surface area contributed by atoms with Crippen molar-refractivity contribution in [3.05, 3.63) is 22.8 Å². The van der Waals surface area contributed by atoms with Gasteiger partial charge >= 0.3 is 6.09 Å². The third-order valence-electron chi connectivity index (χ3n) is 4.95. The Hall–Kier alpha value is -1.30. The predicted molar refractivity (Wildman–Crippen MR) is 98.2 cm³/mol. The molecule has 1 amide bonds. The third-order valence-corrected chi connectivity index (χ3v) is 5.42. The van der Waals surface area contributed by atoms with Crippen LogP contribution in [0.2, 0.25) is 0 Å². The molecule has 1 aromatic heterocycles. The fourth-order valence-electron chi connectivity index (χ4n) is 3.58. The largest absolute Gasteiger partial charge is 0.444 e. The number of ether oxygens (including phenoxy) is 1. The van der Waals surface area contributed by atoms with Crippen molar-refractivity contribution in [1.82, 2.24) is 9.88 Å². The number of carbonyl (C=O) groups excluding carboxylic acids is 1. The molecular weight excluding hydrogens is 370 g/mol. The Bertz CT molecular complexity index is 589. The van der Waals surface area contributed by atoms with Crippen molar-refractivity contribution in [2.75, 3.05) is 31.1 Å². The van der Waals surface area contributed by atoms with Crippen LogP contribution in [0.1, 0.15) is 40.0 Å². The highest BCUT2D eigenvalue weighted by atomic mass is 79.9. The standard InChI is InChI=1S/C18H26BrN3O2/c1-17(2,3)24-16(23)21-9-6-18(7-10-21)8-11-22(13-18)15-5-4-14(19)12-20-15/h4-5,12H,6-11,13H2,1-3H3. The first kappa shape index (κ1) is 17.5. The number of nitrogens with zero attached hydrogens (tertiary/aromatic N) is 3. The first-order valence-corrected chi connectivity index (χ1v) is 9.40. The molecule has 0 unspecified atom stereocenters. The normalized spacial score (nSPS) is 20.5. The number of halogens is 1. The summed E-state index contributed by atoms with van der Waals surface area (Å²) in [4.78, 5) is 21.0. The maximum Gasteiger partial charge on any atom is 0.410 e. The van der Waals surface area contributed by atoms with Gasteiger partial charge in [0.15, 0.2) is 0 Å². The Morgan fingerprint density at radius 1 is 1.21 bits per heavy atom. The molecule has 2 aliphatic rings. The van der Waals surface area contributed by atoms with Crippen molar-refractivity contribution in [3.8, 4) is 0 Å². The first-order valence-electron chi connectivity index (χ1n) is 8.61. The van der Waals surface area contributed by atoms with Crippen molar-refractivity contribution >= 4 is 27.8 Å². The van der Waals surface area contributed by atoms with E-state index in [9.17, 15) is 4.79 Å². The fourth-order valence-corrected chi connectivity index (χ4v) is 3.82. The van der Waals surface area contributed by atoms with E-state index in [1.807, 2.05) is 37.9 Å². The number of carbonyl (C=O) groups is 1. The SMILES string of the molecule is CC(C)(C)OC(=O)N1CCC2(CC1)CCN(c1ccc(Br)cn1)C2. The van der Waals surface area contributed by atoms with Gasteiger partial charge in [-0.3, -0.25) is 0 Å². The van der Waals surface area contributed by atoms with Crippen LogP contribution < -0.4 is 4.90 Å². The minimum atomic E-state index is -0.427. The summed E-state index contributed by atoms with van der Waals surface area (Å²) in [6.45, 7) is 9.39. The molecule has 2 aliphatic heterocycles. The minimum absolute atomic E-state index is 0.179. The summed E-state index contributed by atoms with van der Waals surface area (Å²) in [5, 5.41) is 0. The lowest BCUT2D eigenvalue weighted by Gasteiger charge is -2.39. The number of piperidine rings is 1. The Kier molecular flexibility index (Phi) is 4.78. The molecule has 1 spiro atoms. The molecule has 5 nitrogen and oxygen atoms in total. The molecule has 2 fully saturated rings. The Balaban J connectivity index is 1.56. The summed E-state index contributed by atoms with van der Waals surface area (Å²) >= 11 is 3.43. The Morgan fingerprint density at radius 3 is 2.46 bits per heavy atom. The lowest BCUT2D eigenvalue weighted by Crippen LogP contribution is -2.46. The van der Waals surface area contributed by atoms with E-state index in [1.54, 1.807) is 0 Å². The molecule has 3 rings (SSSR count). The van der Waals surface area contributed by atoms with Gasteiger partial charge < -0.3 is 14.5 Å². The zero-order valence-electron chi connectivity index (χ0n) is 14.7. The Morgan fingerprint density at radius 2 is 1.88 bits per heavy atom. The molecule has 3 heterocycles. The second-order valence-corrected chi connectivity index (χ2v) is 8.89. The van der Waals surface area contributed by atoms with Gasteiger partial charge in [0.05, 0.1) is 0 Å². The lowest BCUT2D eigenvalue weighted by atomic mass is 9.78. The van der Waals surface area contributed by atoms with E-state index in [-0.39, 0.29) is 6.09 Å². The summed E-state index contributed by atoms with van der Waals surface area (Å²) < 4.78 is 6.50. The lowest BCUT2D eigenvalue weighted by molar-refractivity contribution is 0.0122. The summed E-state index contributed by atoms with van der Waals surface area (Å²) in [6, 6.07) is 4.11. The topological polar surface area (TPSA) is 45.7 Å². The van der Waals surface area contributed by atoms with E-state index in [0.717, 1.165) is 49.3 Å². The molecular formula is C18H26BrN3O2. The maximum atomic E-state index is 12.2. The van der Waals surface area contributed by atoms with E-state index in [4.69, 9.17) is 4.74 Å². The molecule has 0 radical (unpaired) electrons. The molecule has 132 valence electrons. The van der Waals surface area contributed by atoms with E-state index in [1.165, 1.54) is 6.42 Å². The third kappa shape index (κ3) is 4.02. The van der Waals surface area contributed by atoms with Gasteiger partial charge in [0, 0.05) is 36.8 Å². The van der Waals surface area contributed by atoms with E-state index < -0.39 is 5.60 Å². The van der Waals surface area contributed by atoms with Crippen molar-refractivity contribution in [3.63, 3.8) is 0 Å². The predicted octanol–water partition coefficient (Wildman–Crippen LogP) is 4.07. The average Bonchev–Trinajstić information content (AvgIpc) is 2.91. The summed E-state index contributed by atoms with van der Waals surface area (Å²) in [6.07, 6.45) is 4.93.